The molecule has 1 aromatic rings. The van der Waals surface area contributed by atoms with E-state index in [1.54, 1.807) is 4.90 Å². The summed E-state index contributed by atoms with van der Waals surface area (Å²) in [5.74, 6) is -0.421. The molecule has 0 aliphatic carbocycles. The van der Waals surface area contributed by atoms with E-state index in [-0.39, 0.29) is 40.9 Å². The van der Waals surface area contributed by atoms with Crippen LogP contribution in [0.4, 0.5) is 13.2 Å². The fraction of sp³-hybridized carbons (Fsp3) is 0.600. The minimum absolute atomic E-state index is 0. The number of amides is 1. The van der Waals surface area contributed by atoms with Gasteiger partial charge in [0.25, 0.3) is 5.91 Å². The molecule has 5 nitrogen and oxygen atoms in total. The minimum Gasteiger partial charge on any atom is -0.378 e. The Morgan fingerprint density at radius 2 is 2.08 bits per heavy atom. The molecule has 0 atom stereocenters. The van der Waals surface area contributed by atoms with Crippen molar-refractivity contribution >= 4 is 30.1 Å². The normalized spacial score (nSPS) is 15.8. The molecule has 1 fully saturated rings. The van der Waals surface area contributed by atoms with Crippen LogP contribution in [-0.4, -0.2) is 53.6 Å². The number of likely N-dealkylation sites (tertiary alicyclic amines) is 1. The van der Waals surface area contributed by atoms with Crippen LogP contribution < -0.4 is 5.73 Å². The number of thioether (sulfide) groups is 1. The lowest BCUT2D eigenvalue weighted by atomic mass is 10.1. The molecule has 0 radical (unpaired) electrons. The van der Waals surface area contributed by atoms with E-state index in [0.29, 0.717) is 39.1 Å². The van der Waals surface area contributed by atoms with Gasteiger partial charge >= 0.3 is 5.51 Å². The third kappa shape index (κ3) is 7.01. The molecule has 0 unspecified atom stereocenters. The van der Waals surface area contributed by atoms with Crippen molar-refractivity contribution in [2.45, 2.75) is 35.9 Å². The molecule has 1 aliphatic rings. The second-order valence-corrected chi connectivity index (χ2v) is 6.46. The van der Waals surface area contributed by atoms with Crippen molar-refractivity contribution in [3.05, 3.63) is 23.9 Å². The Hall–Kier alpha value is -1.03. The van der Waals surface area contributed by atoms with Gasteiger partial charge in [0.05, 0.1) is 11.7 Å². The first kappa shape index (κ1) is 22.0. The van der Waals surface area contributed by atoms with Crippen LogP contribution >= 0.6 is 24.2 Å². The van der Waals surface area contributed by atoms with E-state index in [1.807, 2.05) is 0 Å². The topological polar surface area (TPSA) is 68.5 Å². The summed E-state index contributed by atoms with van der Waals surface area (Å²) < 4.78 is 43.5. The van der Waals surface area contributed by atoms with Gasteiger partial charge in [0.15, 0.2) is 0 Å². The zero-order chi connectivity index (χ0) is 17.6. The van der Waals surface area contributed by atoms with E-state index in [9.17, 15) is 18.0 Å². The number of hydrogen-bond donors (Lipinski definition) is 1. The summed E-state index contributed by atoms with van der Waals surface area (Å²) in [5.41, 5.74) is 0.917. The average molecular weight is 400 g/mol. The summed E-state index contributed by atoms with van der Waals surface area (Å²) in [6.07, 6.45) is 3.44. The van der Waals surface area contributed by atoms with E-state index >= 15 is 0 Å². The van der Waals surface area contributed by atoms with Gasteiger partial charge < -0.3 is 15.4 Å². The monoisotopic (exact) mass is 399 g/mol. The number of carbonyl (C=O) groups is 1. The standard InChI is InChI=1S/C15H20F3N3O2S.ClH/c16-15(17,18)24-13-12(3-1-7-20-13)14(22)21-8-4-11(5-9-21)23-10-2-6-19;/h1,3,7,11H,2,4-6,8-10,19H2;1H. The number of halogens is 4. The van der Waals surface area contributed by atoms with Gasteiger partial charge in [-0.2, -0.15) is 13.2 Å². The Balaban J connectivity index is 0.00000312. The van der Waals surface area contributed by atoms with Crippen LogP contribution in [0.3, 0.4) is 0 Å². The van der Waals surface area contributed by atoms with Crippen molar-refractivity contribution < 1.29 is 22.7 Å². The average Bonchev–Trinajstić information content (AvgIpc) is 2.54. The van der Waals surface area contributed by atoms with Crippen molar-refractivity contribution in [3.63, 3.8) is 0 Å². The highest BCUT2D eigenvalue weighted by Gasteiger charge is 2.33. The maximum absolute atomic E-state index is 12.6. The highest BCUT2D eigenvalue weighted by Crippen LogP contribution is 2.37. The van der Waals surface area contributed by atoms with Gasteiger partial charge in [-0.15, -0.1) is 12.4 Å². The molecule has 1 aromatic heterocycles. The molecule has 142 valence electrons. The van der Waals surface area contributed by atoms with E-state index in [0.717, 1.165) is 6.42 Å². The maximum Gasteiger partial charge on any atom is 0.447 e. The molecule has 1 amide bonds. The smallest absolute Gasteiger partial charge is 0.378 e. The maximum atomic E-state index is 12.6. The van der Waals surface area contributed by atoms with E-state index in [1.165, 1.54) is 18.3 Å². The molecule has 0 saturated carbocycles. The van der Waals surface area contributed by atoms with Crippen molar-refractivity contribution in [3.8, 4) is 0 Å². The fourth-order valence-corrected chi connectivity index (χ4v) is 3.07. The summed E-state index contributed by atoms with van der Waals surface area (Å²) in [5, 5.41) is -0.309. The number of pyridine rings is 1. The molecule has 25 heavy (non-hydrogen) atoms. The molecule has 1 aliphatic heterocycles. The number of rotatable bonds is 6. The Labute approximate surface area is 154 Å². The first-order valence-corrected chi connectivity index (χ1v) is 8.54. The van der Waals surface area contributed by atoms with Gasteiger partial charge in [0, 0.05) is 37.7 Å². The molecular weight excluding hydrogens is 379 g/mol. The largest absolute Gasteiger partial charge is 0.447 e. The Bertz CT molecular complexity index is 555. The molecule has 2 heterocycles. The van der Waals surface area contributed by atoms with Crippen LogP contribution in [0.1, 0.15) is 29.6 Å². The number of nitrogens with zero attached hydrogens (tertiary/aromatic N) is 2. The number of ether oxygens (including phenoxy) is 1. The SMILES string of the molecule is Cl.NCCCOC1CCN(C(=O)c2cccnc2SC(F)(F)F)CC1. The summed E-state index contributed by atoms with van der Waals surface area (Å²) in [6, 6.07) is 2.85. The lowest BCUT2D eigenvalue weighted by Gasteiger charge is -2.32. The first-order valence-electron chi connectivity index (χ1n) is 7.72. The number of alkyl halides is 3. The third-order valence-electron chi connectivity index (χ3n) is 3.65. The molecule has 2 rings (SSSR count). The van der Waals surface area contributed by atoms with Crippen LogP contribution in [0.15, 0.2) is 23.4 Å². The summed E-state index contributed by atoms with van der Waals surface area (Å²) in [6.45, 7) is 2.07. The van der Waals surface area contributed by atoms with Crippen LogP contribution in [0, 0.1) is 0 Å². The number of carbonyl (C=O) groups excluding carboxylic acids is 1. The molecule has 0 spiro atoms. The Morgan fingerprint density at radius 3 is 2.68 bits per heavy atom. The summed E-state index contributed by atoms with van der Waals surface area (Å²) >= 11 is -0.361. The van der Waals surface area contributed by atoms with Crippen molar-refractivity contribution in [1.82, 2.24) is 9.88 Å². The van der Waals surface area contributed by atoms with Gasteiger partial charge in [-0.1, -0.05) is 0 Å². The van der Waals surface area contributed by atoms with E-state index < -0.39 is 11.4 Å². The van der Waals surface area contributed by atoms with Gasteiger partial charge in [-0.25, -0.2) is 4.98 Å². The molecule has 0 aromatic carbocycles. The second-order valence-electron chi connectivity index (χ2n) is 5.41. The third-order valence-corrected chi connectivity index (χ3v) is 4.40. The Morgan fingerprint density at radius 1 is 1.40 bits per heavy atom. The zero-order valence-corrected chi connectivity index (χ0v) is 15.1. The highest BCUT2D eigenvalue weighted by molar-refractivity contribution is 8.00. The predicted octanol–water partition coefficient (Wildman–Crippen LogP) is 3.09. The number of aromatic nitrogens is 1. The molecule has 2 N–H and O–H groups in total. The van der Waals surface area contributed by atoms with Crippen molar-refractivity contribution in [1.29, 1.82) is 0 Å². The zero-order valence-electron chi connectivity index (χ0n) is 13.5. The quantitative estimate of drug-likeness (QED) is 0.588. The molecule has 10 heteroatoms. The van der Waals surface area contributed by atoms with E-state index in [4.69, 9.17) is 10.5 Å². The number of hydrogen-bond acceptors (Lipinski definition) is 5. The lowest BCUT2D eigenvalue weighted by molar-refractivity contribution is -0.0329. The highest BCUT2D eigenvalue weighted by atomic mass is 35.5. The number of nitrogens with two attached hydrogens (primary N) is 1. The lowest BCUT2D eigenvalue weighted by Crippen LogP contribution is -2.41. The second kappa shape index (κ2) is 10.2. The Kier molecular flexibility index (Phi) is 8.98. The summed E-state index contributed by atoms with van der Waals surface area (Å²) in [4.78, 5) is 17.8. The van der Waals surface area contributed by atoms with Crippen LogP contribution in [-0.2, 0) is 4.74 Å². The first-order chi connectivity index (χ1) is 11.4. The van der Waals surface area contributed by atoms with Crippen LogP contribution in [0.25, 0.3) is 0 Å². The van der Waals surface area contributed by atoms with Gasteiger partial charge in [-0.05, 0) is 37.9 Å². The van der Waals surface area contributed by atoms with Crippen molar-refractivity contribution in [2.24, 2.45) is 5.73 Å². The van der Waals surface area contributed by atoms with Gasteiger partial charge in [-0.3, -0.25) is 4.79 Å². The van der Waals surface area contributed by atoms with Crippen LogP contribution in [0.2, 0.25) is 0 Å². The van der Waals surface area contributed by atoms with Gasteiger partial charge in [0.2, 0.25) is 0 Å². The van der Waals surface area contributed by atoms with E-state index in [2.05, 4.69) is 4.98 Å². The molecular formula is C15H21ClF3N3O2S. The van der Waals surface area contributed by atoms with Crippen LogP contribution in [0.5, 0.6) is 0 Å². The fourth-order valence-electron chi connectivity index (χ4n) is 2.47. The number of piperidine rings is 1. The molecule has 1 saturated heterocycles. The minimum atomic E-state index is -4.48. The molecule has 0 bridgehead atoms. The predicted molar refractivity (Wildman–Crippen MR) is 91.9 cm³/mol. The van der Waals surface area contributed by atoms with Crippen molar-refractivity contribution in [2.75, 3.05) is 26.2 Å². The van der Waals surface area contributed by atoms with Gasteiger partial charge in [0.1, 0.15) is 5.03 Å². The summed E-state index contributed by atoms with van der Waals surface area (Å²) in [7, 11) is 0.